The number of amides is 1. The molecule has 6 nitrogen and oxygen atoms in total. The third-order valence-corrected chi connectivity index (χ3v) is 18.2. The zero-order valence-electron chi connectivity index (χ0n) is 57.6. The number of carbonyl (C=O) groups excluding carboxylic acids is 2. The molecule has 0 radical (unpaired) electrons. The lowest BCUT2D eigenvalue weighted by atomic mass is 10.0. The highest BCUT2D eigenvalue weighted by atomic mass is 16.5. The molecule has 0 spiro atoms. The van der Waals surface area contributed by atoms with Gasteiger partial charge in [0.2, 0.25) is 5.91 Å². The van der Waals surface area contributed by atoms with E-state index >= 15 is 0 Å². The van der Waals surface area contributed by atoms with E-state index in [1.807, 2.05) is 6.08 Å². The lowest BCUT2D eigenvalue weighted by molar-refractivity contribution is -0.143. The predicted molar refractivity (Wildman–Crippen MR) is 375 cm³/mol. The third kappa shape index (κ3) is 71.0. The second-order valence-electron chi connectivity index (χ2n) is 26.7. The maximum absolute atomic E-state index is 12.5. The summed E-state index contributed by atoms with van der Waals surface area (Å²) in [5.41, 5.74) is 0. The van der Waals surface area contributed by atoms with Gasteiger partial charge in [-0.2, -0.15) is 0 Å². The quantitative estimate of drug-likeness (QED) is 0.0320. The molecule has 0 rings (SSSR count). The standard InChI is InChI=1S/C79H151NO5/c1-3-5-7-9-11-13-15-17-18-45-49-53-57-61-65-69-73-79(84)85-74-70-66-62-58-54-50-46-43-41-39-37-35-33-31-29-27-25-23-21-19-20-22-24-26-28-30-32-34-36-38-40-42-44-48-52-56-60-64-68-72-78(83)80-76(75-81)77(82)71-67-63-59-55-51-47-16-14-12-10-8-6-4-2/h13,15,18,45,67,71,76-77,81-82H,3-12,14,16-17,19-44,46-66,68-70,72-75H2,1-2H3,(H,80,83)/b15-13-,45-18-,71-67+. The summed E-state index contributed by atoms with van der Waals surface area (Å²) in [6.07, 6.45) is 97.1. The van der Waals surface area contributed by atoms with E-state index in [1.54, 1.807) is 6.08 Å². The molecule has 0 aliphatic heterocycles. The van der Waals surface area contributed by atoms with Crippen molar-refractivity contribution in [1.29, 1.82) is 0 Å². The van der Waals surface area contributed by atoms with Crippen molar-refractivity contribution < 1.29 is 24.5 Å². The number of hydrogen-bond donors (Lipinski definition) is 3. The largest absolute Gasteiger partial charge is 0.466 e. The number of unbranched alkanes of at least 4 members (excludes halogenated alkanes) is 58. The van der Waals surface area contributed by atoms with Crippen molar-refractivity contribution in [2.75, 3.05) is 13.2 Å². The smallest absolute Gasteiger partial charge is 0.305 e. The number of hydrogen-bond acceptors (Lipinski definition) is 5. The van der Waals surface area contributed by atoms with Crippen LogP contribution in [0.3, 0.4) is 0 Å². The molecule has 85 heavy (non-hydrogen) atoms. The van der Waals surface area contributed by atoms with E-state index in [1.165, 1.54) is 353 Å². The van der Waals surface area contributed by atoms with Crippen molar-refractivity contribution >= 4 is 11.9 Å². The fourth-order valence-corrected chi connectivity index (χ4v) is 12.3. The van der Waals surface area contributed by atoms with E-state index in [0.29, 0.717) is 19.4 Å². The molecule has 1 amide bonds. The summed E-state index contributed by atoms with van der Waals surface area (Å²) in [5.74, 6) is -0.0493. The summed E-state index contributed by atoms with van der Waals surface area (Å²) in [6.45, 7) is 4.91. The van der Waals surface area contributed by atoms with Crippen molar-refractivity contribution in [1.82, 2.24) is 5.32 Å². The molecule has 0 heterocycles. The van der Waals surface area contributed by atoms with Crippen molar-refractivity contribution in [3.63, 3.8) is 0 Å². The molecule has 0 fully saturated rings. The second kappa shape index (κ2) is 74.5. The Bertz CT molecular complexity index is 1380. The van der Waals surface area contributed by atoms with Gasteiger partial charge in [-0.25, -0.2) is 0 Å². The van der Waals surface area contributed by atoms with Crippen LogP contribution in [0.5, 0.6) is 0 Å². The van der Waals surface area contributed by atoms with Crippen LogP contribution in [0.4, 0.5) is 0 Å². The minimum atomic E-state index is -0.839. The first-order chi connectivity index (χ1) is 42.0. The first-order valence-corrected chi connectivity index (χ1v) is 38.8. The Morgan fingerprint density at radius 1 is 0.329 bits per heavy atom. The van der Waals surface area contributed by atoms with Gasteiger partial charge in [-0.1, -0.05) is 391 Å². The molecule has 0 aromatic heterocycles. The Hall–Kier alpha value is -1.92. The Labute approximate surface area is 532 Å². The summed E-state index contributed by atoms with van der Waals surface area (Å²) < 4.78 is 5.50. The second-order valence-corrected chi connectivity index (χ2v) is 26.7. The summed E-state index contributed by atoms with van der Waals surface area (Å²) in [6, 6.07) is -0.622. The number of allylic oxidation sites excluding steroid dienone is 5. The number of ether oxygens (including phenoxy) is 1. The highest BCUT2D eigenvalue weighted by Gasteiger charge is 2.18. The van der Waals surface area contributed by atoms with E-state index in [2.05, 4.69) is 43.5 Å². The Balaban J connectivity index is 3.29. The summed E-state index contributed by atoms with van der Waals surface area (Å²) in [4.78, 5) is 24.6. The van der Waals surface area contributed by atoms with Crippen LogP contribution in [0.25, 0.3) is 0 Å². The van der Waals surface area contributed by atoms with Crippen molar-refractivity contribution in [2.45, 2.75) is 443 Å². The van der Waals surface area contributed by atoms with Crippen LogP contribution in [0, 0.1) is 0 Å². The molecule has 3 N–H and O–H groups in total. The highest BCUT2D eigenvalue weighted by Crippen LogP contribution is 2.20. The number of carbonyl (C=O) groups is 2. The minimum Gasteiger partial charge on any atom is -0.466 e. The molecule has 0 aliphatic rings. The van der Waals surface area contributed by atoms with Gasteiger partial charge >= 0.3 is 5.97 Å². The molecule has 0 saturated heterocycles. The summed E-state index contributed by atoms with van der Waals surface area (Å²) in [7, 11) is 0. The van der Waals surface area contributed by atoms with Gasteiger partial charge in [-0.05, 0) is 64.2 Å². The zero-order chi connectivity index (χ0) is 61.3. The molecule has 0 aromatic carbocycles. The molecular weight excluding hydrogens is 1040 g/mol. The summed E-state index contributed by atoms with van der Waals surface area (Å²) in [5, 5.41) is 23.1. The van der Waals surface area contributed by atoms with Crippen LogP contribution in [-0.4, -0.2) is 47.4 Å². The first-order valence-electron chi connectivity index (χ1n) is 38.8. The predicted octanol–water partition coefficient (Wildman–Crippen LogP) is 25.4. The molecule has 502 valence electrons. The van der Waals surface area contributed by atoms with Crippen LogP contribution in [0.1, 0.15) is 431 Å². The van der Waals surface area contributed by atoms with E-state index in [9.17, 15) is 19.8 Å². The van der Waals surface area contributed by atoms with Crippen molar-refractivity contribution in [2.24, 2.45) is 0 Å². The van der Waals surface area contributed by atoms with Gasteiger partial charge in [0.15, 0.2) is 0 Å². The maximum atomic E-state index is 12.5. The van der Waals surface area contributed by atoms with Gasteiger partial charge in [0, 0.05) is 12.8 Å². The molecule has 0 saturated carbocycles. The third-order valence-electron chi connectivity index (χ3n) is 18.2. The molecule has 0 aromatic rings. The van der Waals surface area contributed by atoms with Gasteiger partial charge in [-0.3, -0.25) is 9.59 Å². The maximum Gasteiger partial charge on any atom is 0.305 e. The van der Waals surface area contributed by atoms with Crippen LogP contribution < -0.4 is 5.32 Å². The molecule has 2 unspecified atom stereocenters. The van der Waals surface area contributed by atoms with Gasteiger partial charge in [-0.15, -0.1) is 0 Å². The van der Waals surface area contributed by atoms with Crippen LogP contribution in [0.2, 0.25) is 0 Å². The summed E-state index contributed by atoms with van der Waals surface area (Å²) >= 11 is 0. The zero-order valence-corrected chi connectivity index (χ0v) is 57.6. The SMILES string of the molecule is CCCCCC/C=C\C/C=C\CCCCCCCC(=O)OCCCCCCCCCCCCCCCCCCCCCCCCCCCCCCCCCCCCCCCCCC(=O)NC(CO)C(O)/C=C/CCCCCCCCCCCCC. The van der Waals surface area contributed by atoms with Crippen LogP contribution >= 0.6 is 0 Å². The van der Waals surface area contributed by atoms with Gasteiger partial charge in [0.25, 0.3) is 0 Å². The number of rotatable bonds is 73. The van der Waals surface area contributed by atoms with E-state index in [-0.39, 0.29) is 18.5 Å². The van der Waals surface area contributed by atoms with Crippen molar-refractivity contribution in [3.8, 4) is 0 Å². The molecule has 6 heteroatoms. The normalized spacial score (nSPS) is 12.7. The van der Waals surface area contributed by atoms with E-state index < -0.39 is 12.1 Å². The fraction of sp³-hybridized carbons (Fsp3) is 0.899. The topological polar surface area (TPSA) is 95.9 Å². The van der Waals surface area contributed by atoms with Gasteiger partial charge in [0.05, 0.1) is 25.4 Å². The molecular formula is C79H151NO5. The van der Waals surface area contributed by atoms with Gasteiger partial charge in [0.1, 0.15) is 0 Å². The molecule has 0 aliphatic carbocycles. The molecule has 0 bridgehead atoms. The lowest BCUT2D eigenvalue weighted by Crippen LogP contribution is -2.45. The number of esters is 1. The van der Waals surface area contributed by atoms with E-state index in [4.69, 9.17) is 4.74 Å². The van der Waals surface area contributed by atoms with Gasteiger partial charge < -0.3 is 20.3 Å². The number of nitrogens with one attached hydrogen (secondary N) is 1. The average Bonchev–Trinajstić information content (AvgIpc) is 3.51. The minimum absolute atomic E-state index is 0.0108. The Kier molecular flexibility index (Phi) is 72.9. The van der Waals surface area contributed by atoms with E-state index in [0.717, 1.165) is 51.4 Å². The fourth-order valence-electron chi connectivity index (χ4n) is 12.3. The average molecular weight is 1200 g/mol. The van der Waals surface area contributed by atoms with Crippen molar-refractivity contribution in [3.05, 3.63) is 36.5 Å². The van der Waals surface area contributed by atoms with Crippen LogP contribution in [0.15, 0.2) is 36.5 Å². The Morgan fingerprint density at radius 2 is 0.588 bits per heavy atom. The highest BCUT2D eigenvalue weighted by molar-refractivity contribution is 5.76. The van der Waals surface area contributed by atoms with Crippen LogP contribution in [-0.2, 0) is 14.3 Å². The number of aliphatic hydroxyl groups excluding tert-OH is 2. The lowest BCUT2D eigenvalue weighted by Gasteiger charge is -2.20. The number of aliphatic hydroxyl groups is 2. The Morgan fingerprint density at radius 3 is 0.906 bits per heavy atom. The molecule has 2 atom stereocenters. The first kappa shape index (κ1) is 83.1. The monoisotopic (exact) mass is 1190 g/mol.